The fraction of sp³-hybridized carbons (Fsp3) is 0.588. The van der Waals surface area contributed by atoms with Crippen molar-refractivity contribution in [2.45, 2.75) is 44.2 Å². The van der Waals surface area contributed by atoms with Crippen molar-refractivity contribution >= 4 is 17.9 Å². The van der Waals surface area contributed by atoms with Crippen molar-refractivity contribution in [3.05, 3.63) is 23.9 Å². The van der Waals surface area contributed by atoms with Crippen molar-refractivity contribution in [1.29, 1.82) is 5.26 Å². The number of nitriles is 1. The van der Waals surface area contributed by atoms with Crippen molar-refractivity contribution < 1.29 is 9.53 Å². The number of hydrogen-bond acceptors (Lipinski definition) is 5. The van der Waals surface area contributed by atoms with Gasteiger partial charge in [0.15, 0.2) is 0 Å². The standard InChI is InChI=1S/C17H23N3O2S/c1-17(2,3)22-16(21)20-9-6-13(7-10-20)12-23-15-14(11-18)5-4-8-19-15/h4-5,8,13H,6-7,9-10,12H2,1-3H3. The Bertz CT molecular complexity index is 584. The first-order valence-electron chi connectivity index (χ1n) is 7.85. The zero-order valence-corrected chi connectivity index (χ0v) is 14.7. The van der Waals surface area contributed by atoms with E-state index in [2.05, 4.69) is 11.1 Å². The summed E-state index contributed by atoms with van der Waals surface area (Å²) in [6, 6.07) is 5.75. The van der Waals surface area contributed by atoms with E-state index in [9.17, 15) is 4.79 Å². The van der Waals surface area contributed by atoms with Crippen LogP contribution < -0.4 is 0 Å². The molecule has 0 aliphatic carbocycles. The number of rotatable bonds is 3. The molecule has 1 amide bonds. The number of pyridine rings is 1. The van der Waals surface area contributed by atoms with E-state index < -0.39 is 5.60 Å². The minimum atomic E-state index is -0.448. The van der Waals surface area contributed by atoms with Gasteiger partial charge in [-0.1, -0.05) is 0 Å². The predicted molar refractivity (Wildman–Crippen MR) is 90.2 cm³/mol. The second-order valence-corrected chi connectivity index (χ2v) is 7.70. The van der Waals surface area contributed by atoms with E-state index >= 15 is 0 Å². The third-order valence-electron chi connectivity index (χ3n) is 3.61. The largest absolute Gasteiger partial charge is 0.444 e. The van der Waals surface area contributed by atoms with Crippen LogP contribution in [0.2, 0.25) is 0 Å². The molecule has 0 aromatic carbocycles. The van der Waals surface area contributed by atoms with Crippen LogP contribution in [0.3, 0.4) is 0 Å². The fourth-order valence-electron chi connectivity index (χ4n) is 2.40. The lowest BCUT2D eigenvalue weighted by atomic mass is 9.99. The predicted octanol–water partition coefficient (Wildman–Crippen LogP) is 3.69. The van der Waals surface area contributed by atoms with Gasteiger partial charge in [-0.25, -0.2) is 9.78 Å². The van der Waals surface area contributed by atoms with Gasteiger partial charge < -0.3 is 9.64 Å². The quantitative estimate of drug-likeness (QED) is 0.789. The van der Waals surface area contributed by atoms with Gasteiger partial charge in [-0.15, -0.1) is 11.8 Å². The lowest BCUT2D eigenvalue weighted by Gasteiger charge is -2.33. The number of thioether (sulfide) groups is 1. The maximum absolute atomic E-state index is 12.0. The average molecular weight is 333 g/mol. The molecule has 0 bridgehead atoms. The smallest absolute Gasteiger partial charge is 0.410 e. The summed E-state index contributed by atoms with van der Waals surface area (Å²) in [5.41, 5.74) is 0.180. The number of ether oxygens (including phenoxy) is 1. The second-order valence-electron chi connectivity index (χ2n) is 6.69. The Morgan fingerprint density at radius 2 is 2.17 bits per heavy atom. The Balaban J connectivity index is 1.79. The van der Waals surface area contributed by atoms with Crippen LogP contribution in [-0.2, 0) is 4.74 Å². The summed E-state index contributed by atoms with van der Waals surface area (Å²) in [4.78, 5) is 18.1. The van der Waals surface area contributed by atoms with Gasteiger partial charge in [0, 0.05) is 25.0 Å². The summed E-state index contributed by atoms with van der Waals surface area (Å²) in [5.74, 6) is 1.46. The molecule has 0 N–H and O–H groups in total. The first-order chi connectivity index (χ1) is 10.9. The number of nitrogens with zero attached hydrogens (tertiary/aromatic N) is 3. The van der Waals surface area contributed by atoms with Gasteiger partial charge >= 0.3 is 6.09 Å². The van der Waals surface area contributed by atoms with Crippen molar-refractivity contribution in [2.75, 3.05) is 18.8 Å². The zero-order chi connectivity index (χ0) is 16.9. The van der Waals surface area contributed by atoms with E-state index in [0.29, 0.717) is 11.5 Å². The highest BCUT2D eigenvalue weighted by Crippen LogP contribution is 2.27. The van der Waals surface area contributed by atoms with Gasteiger partial charge in [-0.05, 0) is 51.7 Å². The molecule has 1 aliphatic rings. The van der Waals surface area contributed by atoms with E-state index in [1.165, 1.54) is 0 Å². The van der Waals surface area contributed by atoms with Crippen molar-refractivity contribution in [3.63, 3.8) is 0 Å². The van der Waals surface area contributed by atoms with E-state index in [0.717, 1.165) is 36.7 Å². The van der Waals surface area contributed by atoms with Gasteiger partial charge in [0.1, 0.15) is 16.7 Å². The molecule has 124 valence electrons. The highest BCUT2D eigenvalue weighted by Gasteiger charge is 2.27. The number of hydrogen-bond donors (Lipinski definition) is 0. The summed E-state index contributed by atoms with van der Waals surface area (Å²) in [7, 11) is 0. The van der Waals surface area contributed by atoms with E-state index in [1.807, 2.05) is 20.8 Å². The highest BCUT2D eigenvalue weighted by molar-refractivity contribution is 7.99. The molecule has 5 nitrogen and oxygen atoms in total. The molecule has 0 spiro atoms. The Labute approximate surface area is 142 Å². The summed E-state index contributed by atoms with van der Waals surface area (Å²) >= 11 is 1.63. The topological polar surface area (TPSA) is 66.2 Å². The molecule has 1 aliphatic heterocycles. The molecule has 0 atom stereocenters. The fourth-order valence-corrected chi connectivity index (χ4v) is 3.53. The molecule has 1 aromatic rings. The molecule has 2 rings (SSSR count). The van der Waals surface area contributed by atoms with Crippen LogP contribution in [0.5, 0.6) is 0 Å². The molecule has 1 aromatic heterocycles. The minimum Gasteiger partial charge on any atom is -0.444 e. The normalized spacial score (nSPS) is 16.0. The van der Waals surface area contributed by atoms with Crippen LogP contribution in [0, 0.1) is 17.2 Å². The summed E-state index contributed by atoms with van der Waals surface area (Å²) in [5, 5.41) is 9.88. The Hall–Kier alpha value is -1.74. The van der Waals surface area contributed by atoms with Crippen LogP contribution in [0.4, 0.5) is 4.79 Å². The average Bonchev–Trinajstić information content (AvgIpc) is 2.52. The molecule has 2 heterocycles. The Kier molecular flexibility index (Phi) is 5.89. The Morgan fingerprint density at radius 3 is 2.78 bits per heavy atom. The lowest BCUT2D eigenvalue weighted by Crippen LogP contribution is -2.42. The summed E-state index contributed by atoms with van der Waals surface area (Å²) in [6.45, 7) is 7.11. The van der Waals surface area contributed by atoms with E-state index in [-0.39, 0.29) is 6.09 Å². The first kappa shape index (κ1) is 17.6. The molecular formula is C17H23N3O2S. The zero-order valence-electron chi connectivity index (χ0n) is 13.9. The number of piperidine rings is 1. The van der Waals surface area contributed by atoms with E-state index in [4.69, 9.17) is 10.00 Å². The number of carbonyl (C=O) groups excluding carboxylic acids is 1. The number of aromatic nitrogens is 1. The van der Waals surface area contributed by atoms with Gasteiger partial charge in [0.2, 0.25) is 0 Å². The lowest BCUT2D eigenvalue weighted by molar-refractivity contribution is 0.0191. The third kappa shape index (κ3) is 5.43. The molecule has 6 heteroatoms. The van der Waals surface area contributed by atoms with Gasteiger partial charge in [-0.2, -0.15) is 5.26 Å². The van der Waals surface area contributed by atoms with Crippen LogP contribution in [0.25, 0.3) is 0 Å². The summed E-state index contributed by atoms with van der Waals surface area (Å²) < 4.78 is 5.41. The molecular weight excluding hydrogens is 310 g/mol. The SMILES string of the molecule is CC(C)(C)OC(=O)N1CCC(CSc2ncccc2C#N)CC1. The molecule has 0 radical (unpaired) electrons. The van der Waals surface area contributed by atoms with Crippen molar-refractivity contribution in [1.82, 2.24) is 9.88 Å². The molecule has 23 heavy (non-hydrogen) atoms. The monoisotopic (exact) mass is 333 g/mol. The summed E-state index contributed by atoms with van der Waals surface area (Å²) in [6.07, 6.45) is 3.41. The van der Waals surface area contributed by atoms with Crippen molar-refractivity contribution in [2.24, 2.45) is 5.92 Å². The number of amides is 1. The van der Waals surface area contributed by atoms with Crippen LogP contribution >= 0.6 is 11.8 Å². The van der Waals surface area contributed by atoms with Gasteiger partial charge in [0.05, 0.1) is 5.56 Å². The highest BCUT2D eigenvalue weighted by atomic mass is 32.2. The first-order valence-corrected chi connectivity index (χ1v) is 8.83. The molecule has 1 fully saturated rings. The molecule has 1 saturated heterocycles. The van der Waals surface area contributed by atoms with Crippen LogP contribution in [-0.4, -0.2) is 40.4 Å². The maximum Gasteiger partial charge on any atom is 0.410 e. The van der Waals surface area contributed by atoms with Crippen molar-refractivity contribution in [3.8, 4) is 6.07 Å². The minimum absolute atomic E-state index is 0.222. The number of likely N-dealkylation sites (tertiary alicyclic amines) is 1. The third-order valence-corrected chi connectivity index (χ3v) is 4.85. The van der Waals surface area contributed by atoms with Gasteiger partial charge in [-0.3, -0.25) is 0 Å². The second kappa shape index (κ2) is 7.69. The molecule has 0 saturated carbocycles. The number of carbonyl (C=O) groups is 1. The molecule has 0 unspecified atom stereocenters. The van der Waals surface area contributed by atoms with E-state index in [1.54, 1.807) is 35.0 Å². The van der Waals surface area contributed by atoms with Crippen LogP contribution in [0.1, 0.15) is 39.2 Å². The van der Waals surface area contributed by atoms with Gasteiger partial charge in [0.25, 0.3) is 0 Å². The Morgan fingerprint density at radius 1 is 1.48 bits per heavy atom. The maximum atomic E-state index is 12.0. The van der Waals surface area contributed by atoms with Crippen LogP contribution in [0.15, 0.2) is 23.4 Å².